The molecule has 4 nitrogen and oxygen atoms in total. The Hall–Kier alpha value is -1.58. The second-order valence-electron chi connectivity index (χ2n) is 4.05. The van der Waals surface area contributed by atoms with Crippen molar-refractivity contribution in [3.8, 4) is 0 Å². The van der Waals surface area contributed by atoms with Gasteiger partial charge in [-0.05, 0) is 19.3 Å². The molecule has 0 aromatic carbocycles. The van der Waals surface area contributed by atoms with Gasteiger partial charge in [0.2, 0.25) is 0 Å². The van der Waals surface area contributed by atoms with Gasteiger partial charge < -0.3 is 9.97 Å². The topological polar surface area (TPSA) is 65.7 Å². The molecular weight excluding hydrogens is 216 g/mol. The Morgan fingerprint density at radius 2 is 1.53 bits per heavy atom. The van der Waals surface area contributed by atoms with Crippen LogP contribution in [0.4, 0.5) is 0 Å². The van der Waals surface area contributed by atoms with Crippen molar-refractivity contribution in [2.24, 2.45) is 0 Å². The highest BCUT2D eigenvalue weighted by molar-refractivity contribution is 5.19. The van der Waals surface area contributed by atoms with Crippen LogP contribution in [0.1, 0.15) is 46.0 Å². The van der Waals surface area contributed by atoms with Crippen molar-refractivity contribution in [1.82, 2.24) is 9.97 Å². The summed E-state index contributed by atoms with van der Waals surface area (Å²) in [5, 5.41) is 0.725. The number of H-pyrrole nitrogens is 2. The van der Waals surface area contributed by atoms with Crippen LogP contribution in [0.25, 0.3) is 12.2 Å². The van der Waals surface area contributed by atoms with Crippen LogP contribution >= 0.6 is 0 Å². The average Bonchev–Trinajstić information content (AvgIpc) is 2.30. The van der Waals surface area contributed by atoms with Crippen LogP contribution in [0.2, 0.25) is 0 Å². The summed E-state index contributed by atoms with van der Waals surface area (Å²) in [5.41, 5.74) is -0.450. The van der Waals surface area contributed by atoms with E-state index in [4.69, 9.17) is 0 Å². The van der Waals surface area contributed by atoms with E-state index >= 15 is 0 Å². The Kier molecular flexibility index (Phi) is 5.46. The highest BCUT2D eigenvalue weighted by Crippen LogP contribution is 1.98. The van der Waals surface area contributed by atoms with Crippen LogP contribution in [0.5, 0.6) is 0 Å². The third-order valence-electron chi connectivity index (χ3n) is 2.55. The molecule has 4 heteroatoms. The molecule has 17 heavy (non-hydrogen) atoms. The van der Waals surface area contributed by atoms with Crippen LogP contribution < -0.4 is 21.8 Å². The van der Waals surface area contributed by atoms with Crippen LogP contribution in [-0.2, 0) is 0 Å². The predicted octanol–water partition coefficient (Wildman–Crippen LogP) is 0.614. The molecule has 0 amide bonds. The van der Waals surface area contributed by atoms with Gasteiger partial charge in [0.25, 0.3) is 11.1 Å². The van der Waals surface area contributed by atoms with Crippen molar-refractivity contribution < 1.29 is 0 Å². The molecule has 94 valence electrons. The molecule has 0 aliphatic carbocycles. The second kappa shape index (κ2) is 6.89. The molecule has 0 saturated heterocycles. The fourth-order valence-corrected chi connectivity index (χ4v) is 1.63. The summed E-state index contributed by atoms with van der Waals surface area (Å²) in [6.07, 6.45) is 8.38. The van der Waals surface area contributed by atoms with Gasteiger partial charge in [0, 0.05) is 0 Å². The van der Waals surface area contributed by atoms with Crippen molar-refractivity contribution in [3.63, 3.8) is 0 Å². The molecular formula is C13H20N2O2. The van der Waals surface area contributed by atoms with Crippen LogP contribution in [0.3, 0.4) is 0 Å². The van der Waals surface area contributed by atoms with E-state index < -0.39 is 0 Å². The van der Waals surface area contributed by atoms with Gasteiger partial charge in [0.05, 0.1) is 0 Å². The van der Waals surface area contributed by atoms with Crippen molar-refractivity contribution in [3.05, 3.63) is 31.4 Å². The summed E-state index contributed by atoms with van der Waals surface area (Å²) >= 11 is 0. The van der Waals surface area contributed by atoms with E-state index in [1.807, 2.05) is 6.92 Å². The van der Waals surface area contributed by atoms with E-state index in [0.29, 0.717) is 10.7 Å². The van der Waals surface area contributed by atoms with Gasteiger partial charge in [-0.3, -0.25) is 9.59 Å². The van der Waals surface area contributed by atoms with Gasteiger partial charge in [-0.2, -0.15) is 0 Å². The summed E-state index contributed by atoms with van der Waals surface area (Å²) in [5.74, 6) is 0. The average molecular weight is 236 g/mol. The number of nitrogens with one attached hydrogen (secondary N) is 2. The van der Waals surface area contributed by atoms with Crippen LogP contribution in [0, 0.1) is 0 Å². The van der Waals surface area contributed by atoms with Crippen LogP contribution in [0.15, 0.2) is 9.59 Å². The van der Waals surface area contributed by atoms with Gasteiger partial charge in [-0.1, -0.05) is 38.8 Å². The molecule has 1 aromatic rings. The molecule has 0 bridgehead atoms. The van der Waals surface area contributed by atoms with Crippen molar-refractivity contribution in [2.45, 2.75) is 46.0 Å². The minimum atomic E-state index is -0.229. The fourth-order valence-electron chi connectivity index (χ4n) is 1.63. The molecule has 0 fully saturated rings. The predicted molar refractivity (Wildman–Crippen MR) is 70.3 cm³/mol. The van der Waals surface area contributed by atoms with Gasteiger partial charge in [0.1, 0.15) is 10.7 Å². The maximum absolute atomic E-state index is 11.7. The first-order chi connectivity index (χ1) is 8.19. The number of unbranched alkanes of at least 4 members (excludes halogenated alkanes) is 3. The Morgan fingerprint density at radius 3 is 2.06 bits per heavy atom. The molecule has 2 N–H and O–H groups in total. The summed E-state index contributed by atoms with van der Waals surface area (Å²) < 4.78 is 0. The number of aromatic nitrogens is 2. The molecule has 0 saturated carbocycles. The SMILES string of the molecule is CC/C=c1\[nH]c(=O)/c(=C/CCCCC)[nH]c1=O. The molecule has 1 rings (SSSR count). The first-order valence-electron chi connectivity index (χ1n) is 6.22. The Morgan fingerprint density at radius 1 is 0.941 bits per heavy atom. The minimum absolute atomic E-state index is 0.221. The number of hydrogen-bond acceptors (Lipinski definition) is 2. The first kappa shape index (κ1) is 13.5. The van der Waals surface area contributed by atoms with Crippen molar-refractivity contribution >= 4 is 12.2 Å². The largest absolute Gasteiger partial charge is 0.316 e. The zero-order valence-corrected chi connectivity index (χ0v) is 10.5. The molecule has 0 spiro atoms. The molecule has 1 aromatic heterocycles. The summed E-state index contributed by atoms with van der Waals surface area (Å²) in [6, 6.07) is 0. The Bertz CT molecular complexity index is 566. The van der Waals surface area contributed by atoms with Gasteiger partial charge in [-0.25, -0.2) is 0 Å². The molecule has 0 radical (unpaired) electrons. The maximum atomic E-state index is 11.7. The van der Waals surface area contributed by atoms with E-state index in [1.54, 1.807) is 12.2 Å². The van der Waals surface area contributed by atoms with E-state index in [-0.39, 0.29) is 11.1 Å². The standard InChI is InChI=1S/C13H20N2O2/c1-3-5-6-7-9-11-13(17)14-10(8-4-2)12(16)15-11/h8-9H,3-7H2,1-2H3,(H,14,17)(H,15,16)/b10-8-,11-9-. The Balaban J connectivity index is 3.04. The first-order valence-corrected chi connectivity index (χ1v) is 6.22. The summed E-state index contributed by atoms with van der Waals surface area (Å²) in [7, 11) is 0. The smallest absolute Gasteiger partial charge is 0.271 e. The van der Waals surface area contributed by atoms with Gasteiger partial charge in [-0.15, -0.1) is 0 Å². The molecule has 1 heterocycles. The maximum Gasteiger partial charge on any atom is 0.271 e. The van der Waals surface area contributed by atoms with E-state index in [0.717, 1.165) is 32.1 Å². The minimum Gasteiger partial charge on any atom is -0.316 e. The molecule has 0 aliphatic rings. The summed E-state index contributed by atoms with van der Waals surface area (Å²) in [4.78, 5) is 28.5. The monoisotopic (exact) mass is 236 g/mol. The van der Waals surface area contributed by atoms with Crippen molar-refractivity contribution in [2.75, 3.05) is 0 Å². The molecule has 0 aliphatic heterocycles. The number of aromatic amines is 2. The van der Waals surface area contributed by atoms with E-state index in [2.05, 4.69) is 16.9 Å². The van der Waals surface area contributed by atoms with Gasteiger partial charge in [0.15, 0.2) is 0 Å². The second-order valence-corrected chi connectivity index (χ2v) is 4.05. The van der Waals surface area contributed by atoms with E-state index in [1.165, 1.54) is 0 Å². The number of hydrogen-bond donors (Lipinski definition) is 2. The lowest BCUT2D eigenvalue weighted by atomic mass is 10.2. The lowest BCUT2D eigenvalue weighted by molar-refractivity contribution is 0.739. The lowest BCUT2D eigenvalue weighted by Gasteiger charge is -1.92. The van der Waals surface area contributed by atoms with Gasteiger partial charge >= 0.3 is 0 Å². The summed E-state index contributed by atoms with van der Waals surface area (Å²) in [6.45, 7) is 4.05. The quantitative estimate of drug-likeness (QED) is 0.736. The molecule has 0 unspecified atom stereocenters. The molecule has 0 atom stereocenters. The number of rotatable bonds is 5. The zero-order chi connectivity index (χ0) is 12.7. The zero-order valence-electron chi connectivity index (χ0n) is 10.5. The third kappa shape index (κ3) is 4.06. The highest BCUT2D eigenvalue weighted by atomic mass is 16.1. The Labute approximate surface area is 100 Å². The van der Waals surface area contributed by atoms with Crippen molar-refractivity contribution in [1.29, 1.82) is 0 Å². The highest BCUT2D eigenvalue weighted by Gasteiger charge is 1.93. The fraction of sp³-hybridized carbons (Fsp3) is 0.538. The normalized spacial score (nSPS) is 13.3. The van der Waals surface area contributed by atoms with E-state index in [9.17, 15) is 9.59 Å². The van der Waals surface area contributed by atoms with Crippen LogP contribution in [-0.4, -0.2) is 9.97 Å². The third-order valence-corrected chi connectivity index (χ3v) is 2.55. The lowest BCUT2D eigenvalue weighted by Crippen LogP contribution is -2.46.